The van der Waals surface area contributed by atoms with Gasteiger partial charge in [0.05, 0.1) is 18.7 Å². The van der Waals surface area contributed by atoms with Gasteiger partial charge in [0.1, 0.15) is 67.1 Å². The molecule has 0 aromatic rings. The van der Waals surface area contributed by atoms with Crippen LogP contribution in [0.3, 0.4) is 0 Å². The van der Waals surface area contributed by atoms with Gasteiger partial charge >= 0.3 is 20.8 Å². The Morgan fingerprint density at radius 2 is 1.24 bits per heavy atom. The van der Waals surface area contributed by atoms with E-state index in [0.29, 0.717) is 0 Å². The molecular weight excluding hydrogens is 734 g/mol. The van der Waals surface area contributed by atoms with E-state index in [1.165, 1.54) is 0 Å². The zero-order valence-electron chi connectivity index (χ0n) is 25.9. The number of aliphatic hydroxyl groups is 8. The monoisotopic (exact) mass is 781 g/mol. The predicted molar refractivity (Wildman–Crippen MR) is 160 cm³/mol. The number of nitrogens with two attached hydrogens (primary N) is 4. The summed E-state index contributed by atoms with van der Waals surface area (Å²) >= 11 is 0. The van der Waals surface area contributed by atoms with E-state index in [1.54, 1.807) is 0 Å². The van der Waals surface area contributed by atoms with Gasteiger partial charge in [0, 0.05) is 12.6 Å². The van der Waals surface area contributed by atoms with E-state index in [1.807, 2.05) is 0 Å². The summed E-state index contributed by atoms with van der Waals surface area (Å²) in [5.41, 5.74) is 23.1. The van der Waals surface area contributed by atoms with Gasteiger partial charge in [-0.25, -0.2) is 0 Å². The Kier molecular flexibility index (Phi) is 18.8. The van der Waals surface area contributed by atoms with Gasteiger partial charge in [0.25, 0.3) is 0 Å². The van der Waals surface area contributed by atoms with Crippen molar-refractivity contribution in [1.82, 2.24) is 5.32 Å². The minimum Gasteiger partial charge on any atom is -0.394 e. The number of aliphatic hydroxyl groups excluding tert-OH is 8. The first kappa shape index (κ1) is 46.6. The summed E-state index contributed by atoms with van der Waals surface area (Å²) in [7, 11) is -9.33. The molecule has 16 atom stereocenters. The second-order valence-electron chi connectivity index (χ2n) is 11.2. The summed E-state index contributed by atoms with van der Waals surface area (Å²) in [6.07, 6.45) is -19.8. The van der Waals surface area contributed by atoms with Crippen molar-refractivity contribution in [3.05, 3.63) is 0 Å². The van der Waals surface area contributed by atoms with E-state index in [0.717, 1.165) is 0 Å². The SMILES string of the molecule is NCC[C@H](O)C(=O)NC1CC(N)C(OC2OC(CN)C(O)C(O)C2O)C(O)C1OC1OC(CO)C(O)C(N)C1O.O=S(=O)(O)O.O=S(=O)(O)O. The normalized spacial score (nSPS) is 40.0. The molecule has 28 heteroatoms. The smallest absolute Gasteiger partial charge is 0.394 e. The minimum absolute atomic E-state index is 0.0101. The molecule has 26 nitrogen and oxygen atoms in total. The van der Waals surface area contributed by atoms with Gasteiger partial charge in [-0.05, 0) is 19.4 Å². The van der Waals surface area contributed by atoms with E-state index >= 15 is 0 Å². The number of amides is 1. The Bertz CT molecular complexity index is 1200. The predicted octanol–water partition coefficient (Wildman–Crippen LogP) is -9.73. The number of carbonyl (C=O) groups is 1. The molecule has 21 N–H and O–H groups in total. The van der Waals surface area contributed by atoms with E-state index < -0.39 is 131 Å². The molecule has 1 amide bonds. The van der Waals surface area contributed by atoms with Crippen LogP contribution in [0.1, 0.15) is 12.8 Å². The standard InChI is InChI=1S/C22H43N5O13.2H2O4S/c23-2-1-8(29)20(36)27-7-3-6(25)18(39-22-16(34)15(33)13(31)9(4-24)37-22)17(35)19(7)40-21-14(32)11(26)12(30)10(5-28)38-21;2*1-5(2,3)4/h6-19,21-22,28-35H,1-5,23-26H2,(H,27,36);2*(H2,1,2,3,4)/t6?,7?,8-,9?,10?,11?,12?,13?,14?,15?,16?,17?,18?,19?,21?,22?;;/m0../s1. The molecule has 0 aromatic carbocycles. The number of ether oxygens (including phenoxy) is 4. The molecule has 1 saturated carbocycles. The first-order chi connectivity index (χ1) is 22.9. The van der Waals surface area contributed by atoms with E-state index in [-0.39, 0.29) is 25.9 Å². The quantitative estimate of drug-likeness (QED) is 0.0915. The lowest BCUT2D eigenvalue weighted by Crippen LogP contribution is -2.69. The zero-order chi connectivity index (χ0) is 38.9. The molecule has 2 saturated heterocycles. The van der Waals surface area contributed by atoms with E-state index in [9.17, 15) is 45.6 Å². The van der Waals surface area contributed by atoms with Crippen molar-refractivity contribution in [3.8, 4) is 0 Å². The van der Waals surface area contributed by atoms with Gasteiger partial charge in [-0.1, -0.05) is 0 Å². The van der Waals surface area contributed by atoms with Gasteiger partial charge in [0.2, 0.25) is 5.91 Å². The molecule has 0 radical (unpaired) electrons. The van der Waals surface area contributed by atoms with Crippen molar-refractivity contribution >= 4 is 26.7 Å². The summed E-state index contributed by atoms with van der Waals surface area (Å²) < 4.78 is 85.7. The van der Waals surface area contributed by atoms with Gasteiger partial charge < -0.3 is 88.1 Å². The minimum atomic E-state index is -4.67. The van der Waals surface area contributed by atoms with Gasteiger partial charge in [-0.15, -0.1) is 0 Å². The average molecular weight is 782 g/mol. The van der Waals surface area contributed by atoms with Crippen LogP contribution in [0.4, 0.5) is 0 Å². The zero-order valence-corrected chi connectivity index (χ0v) is 27.6. The molecule has 2 heterocycles. The van der Waals surface area contributed by atoms with Crippen LogP contribution in [0, 0.1) is 0 Å². The van der Waals surface area contributed by atoms with Crippen LogP contribution in [0.25, 0.3) is 0 Å². The van der Waals surface area contributed by atoms with Gasteiger partial charge in [-0.3, -0.25) is 23.0 Å². The number of hydrogen-bond acceptors (Lipinski definition) is 21. The molecule has 15 unspecified atom stereocenters. The van der Waals surface area contributed by atoms with Gasteiger partial charge in [-0.2, -0.15) is 16.8 Å². The molecule has 50 heavy (non-hydrogen) atoms. The lowest BCUT2D eigenvalue weighted by Gasteiger charge is -2.49. The van der Waals surface area contributed by atoms with E-state index in [2.05, 4.69) is 5.32 Å². The summed E-state index contributed by atoms with van der Waals surface area (Å²) in [6, 6.07) is -3.45. The fraction of sp³-hybridized carbons (Fsp3) is 0.955. The lowest BCUT2D eigenvalue weighted by atomic mass is 9.83. The molecule has 1 aliphatic carbocycles. The van der Waals surface area contributed by atoms with Crippen molar-refractivity contribution in [2.24, 2.45) is 22.9 Å². The highest BCUT2D eigenvalue weighted by Gasteiger charge is 2.52. The van der Waals surface area contributed by atoms with Crippen LogP contribution in [-0.2, 0) is 44.5 Å². The highest BCUT2D eigenvalue weighted by molar-refractivity contribution is 7.80. The number of hydrogen-bond donors (Lipinski definition) is 17. The number of nitrogens with one attached hydrogen (secondary N) is 1. The number of carbonyl (C=O) groups excluding carboxylic acids is 1. The molecule has 0 spiro atoms. The largest absolute Gasteiger partial charge is 0.394 e. The highest BCUT2D eigenvalue weighted by atomic mass is 32.3. The van der Waals surface area contributed by atoms with Crippen molar-refractivity contribution < 1.29 is 99.6 Å². The van der Waals surface area contributed by atoms with Crippen LogP contribution < -0.4 is 28.3 Å². The Labute approximate surface area is 285 Å². The maximum absolute atomic E-state index is 12.6. The Balaban J connectivity index is 0.00000109. The molecule has 3 fully saturated rings. The van der Waals surface area contributed by atoms with Crippen LogP contribution in [0.5, 0.6) is 0 Å². The van der Waals surface area contributed by atoms with Crippen molar-refractivity contribution in [2.75, 3.05) is 19.7 Å². The second-order valence-corrected chi connectivity index (χ2v) is 13.0. The van der Waals surface area contributed by atoms with Crippen LogP contribution in [0.2, 0.25) is 0 Å². The summed E-state index contributed by atoms with van der Waals surface area (Å²) in [5, 5.41) is 84.9. The van der Waals surface area contributed by atoms with E-state index in [4.69, 9.17) is 76.9 Å². The molecule has 298 valence electrons. The second kappa shape index (κ2) is 20.1. The van der Waals surface area contributed by atoms with Crippen molar-refractivity contribution in [2.45, 2.75) is 111 Å². The molecular formula is C22H47N5O21S2. The molecule has 3 rings (SSSR count). The van der Waals surface area contributed by atoms with Crippen LogP contribution in [0.15, 0.2) is 0 Å². The summed E-state index contributed by atoms with van der Waals surface area (Å²) in [6.45, 7) is -0.898. The molecule has 3 aliphatic rings. The average Bonchev–Trinajstić information content (AvgIpc) is 2.99. The van der Waals surface area contributed by atoms with Crippen molar-refractivity contribution in [1.29, 1.82) is 0 Å². The molecule has 0 bridgehead atoms. The summed E-state index contributed by atoms with van der Waals surface area (Å²) in [5.74, 6) is -0.845. The Morgan fingerprint density at radius 1 is 0.760 bits per heavy atom. The highest BCUT2D eigenvalue weighted by Crippen LogP contribution is 2.32. The number of rotatable bonds is 10. The fourth-order valence-electron chi connectivity index (χ4n) is 5.07. The third-order valence-electron chi connectivity index (χ3n) is 7.51. The van der Waals surface area contributed by atoms with Crippen molar-refractivity contribution in [3.63, 3.8) is 0 Å². The Hall–Kier alpha value is -1.43. The maximum atomic E-state index is 12.6. The third-order valence-corrected chi connectivity index (χ3v) is 7.51. The first-order valence-electron chi connectivity index (χ1n) is 14.5. The molecule has 0 aromatic heterocycles. The Morgan fingerprint density at radius 3 is 1.72 bits per heavy atom. The molecule has 2 aliphatic heterocycles. The van der Waals surface area contributed by atoms with Crippen LogP contribution in [-0.4, -0.2) is 199 Å². The topological polar surface area (TPSA) is 481 Å². The maximum Gasteiger partial charge on any atom is 0.394 e. The summed E-state index contributed by atoms with van der Waals surface area (Å²) in [4.78, 5) is 12.6. The van der Waals surface area contributed by atoms with Crippen LogP contribution >= 0.6 is 0 Å². The fourth-order valence-corrected chi connectivity index (χ4v) is 5.07. The lowest BCUT2D eigenvalue weighted by molar-refractivity contribution is -0.332. The van der Waals surface area contributed by atoms with Gasteiger partial charge in [0.15, 0.2) is 12.6 Å². The first-order valence-corrected chi connectivity index (χ1v) is 17.3. The third kappa shape index (κ3) is 14.5.